The van der Waals surface area contributed by atoms with Crippen molar-refractivity contribution in [2.45, 2.75) is 6.18 Å². The number of hydrogen-bond donors (Lipinski definition) is 0. The first-order chi connectivity index (χ1) is 6.09. The molecule has 2 rings (SSSR count). The van der Waals surface area contributed by atoms with Crippen molar-refractivity contribution in [1.29, 1.82) is 0 Å². The second kappa shape index (κ2) is 2.45. The van der Waals surface area contributed by atoms with Crippen molar-refractivity contribution in [2.75, 3.05) is 0 Å². The zero-order valence-electron chi connectivity index (χ0n) is 6.28. The monoisotopic (exact) mass is 187 g/mol. The Kier molecular flexibility index (Phi) is 1.51. The van der Waals surface area contributed by atoms with Gasteiger partial charge in [0, 0.05) is 18.6 Å². The summed E-state index contributed by atoms with van der Waals surface area (Å²) >= 11 is 0. The second-order valence-corrected chi connectivity index (χ2v) is 2.44. The Morgan fingerprint density at radius 3 is 2.69 bits per heavy atom. The van der Waals surface area contributed by atoms with Gasteiger partial charge in [0.2, 0.25) is 0 Å². The van der Waals surface area contributed by atoms with E-state index in [1.807, 2.05) is 0 Å². The Balaban J connectivity index is 2.75. The standard InChI is InChI=1S/C7H4F3N3/c8-7(9,10)5-1-2-12-13-4-3-11-6(5)13/h1-4H. The Labute approximate surface area is 70.8 Å². The molecule has 0 aliphatic rings. The number of fused-ring (bicyclic) bond motifs is 1. The highest BCUT2D eigenvalue weighted by Crippen LogP contribution is 2.30. The SMILES string of the molecule is FC(F)(F)c1ccnn2ccnc12. The van der Waals surface area contributed by atoms with Gasteiger partial charge in [0.15, 0.2) is 5.65 Å². The number of rotatable bonds is 0. The summed E-state index contributed by atoms with van der Waals surface area (Å²) < 4.78 is 38.0. The summed E-state index contributed by atoms with van der Waals surface area (Å²) in [6.45, 7) is 0. The van der Waals surface area contributed by atoms with Gasteiger partial charge >= 0.3 is 6.18 Å². The summed E-state index contributed by atoms with van der Waals surface area (Å²) in [7, 11) is 0. The fourth-order valence-corrected chi connectivity index (χ4v) is 1.06. The molecule has 0 aromatic carbocycles. The third-order valence-corrected chi connectivity index (χ3v) is 1.60. The van der Waals surface area contributed by atoms with Crippen molar-refractivity contribution >= 4 is 5.65 Å². The molecule has 0 aliphatic heterocycles. The maximum absolute atomic E-state index is 12.3. The second-order valence-electron chi connectivity index (χ2n) is 2.44. The Morgan fingerprint density at radius 1 is 1.23 bits per heavy atom. The quantitative estimate of drug-likeness (QED) is 0.628. The molecule has 2 heterocycles. The van der Waals surface area contributed by atoms with Crippen LogP contribution < -0.4 is 0 Å². The van der Waals surface area contributed by atoms with Gasteiger partial charge in [0.25, 0.3) is 0 Å². The fraction of sp³-hybridized carbons (Fsp3) is 0.143. The van der Waals surface area contributed by atoms with Crippen molar-refractivity contribution in [3.8, 4) is 0 Å². The number of alkyl halides is 3. The highest BCUT2D eigenvalue weighted by Gasteiger charge is 2.33. The average molecular weight is 187 g/mol. The van der Waals surface area contributed by atoms with Gasteiger partial charge in [0.05, 0.1) is 0 Å². The van der Waals surface area contributed by atoms with E-state index in [9.17, 15) is 13.2 Å². The molecule has 0 spiro atoms. The van der Waals surface area contributed by atoms with E-state index in [4.69, 9.17) is 0 Å². The molecule has 0 aliphatic carbocycles. The molecule has 0 amide bonds. The topological polar surface area (TPSA) is 30.2 Å². The van der Waals surface area contributed by atoms with Gasteiger partial charge in [-0.25, -0.2) is 9.50 Å². The van der Waals surface area contributed by atoms with Gasteiger partial charge in [-0.05, 0) is 6.07 Å². The van der Waals surface area contributed by atoms with Crippen molar-refractivity contribution in [3.05, 3.63) is 30.2 Å². The number of hydrogen-bond acceptors (Lipinski definition) is 2. The van der Waals surface area contributed by atoms with E-state index in [0.29, 0.717) is 0 Å². The Hall–Kier alpha value is -1.59. The molecular formula is C7H4F3N3. The summed E-state index contributed by atoms with van der Waals surface area (Å²) in [6, 6.07) is 0.905. The van der Waals surface area contributed by atoms with Crippen molar-refractivity contribution in [2.24, 2.45) is 0 Å². The summed E-state index contributed by atoms with van der Waals surface area (Å²) in [6.07, 6.45) is -0.644. The maximum Gasteiger partial charge on any atom is 0.420 e. The lowest BCUT2D eigenvalue weighted by Gasteiger charge is -2.06. The van der Waals surface area contributed by atoms with Crippen LogP contribution in [0.1, 0.15) is 5.56 Å². The third kappa shape index (κ3) is 1.24. The minimum Gasteiger partial charge on any atom is -0.235 e. The summed E-state index contributed by atoms with van der Waals surface area (Å²) in [5.41, 5.74) is -0.942. The molecule has 0 N–H and O–H groups in total. The molecule has 0 saturated heterocycles. The average Bonchev–Trinajstić information content (AvgIpc) is 2.48. The lowest BCUT2D eigenvalue weighted by Crippen LogP contribution is -2.08. The van der Waals surface area contributed by atoms with Gasteiger partial charge in [-0.3, -0.25) is 0 Å². The molecule has 0 unspecified atom stereocenters. The zero-order chi connectivity index (χ0) is 9.47. The molecule has 0 fully saturated rings. The van der Waals surface area contributed by atoms with E-state index in [2.05, 4.69) is 10.1 Å². The number of halogens is 3. The van der Waals surface area contributed by atoms with Gasteiger partial charge in [0.1, 0.15) is 5.56 Å². The van der Waals surface area contributed by atoms with E-state index in [0.717, 1.165) is 16.8 Å². The Morgan fingerprint density at radius 2 is 2.00 bits per heavy atom. The van der Waals surface area contributed by atoms with Crippen LogP contribution in [0.15, 0.2) is 24.7 Å². The lowest BCUT2D eigenvalue weighted by molar-refractivity contribution is -0.136. The fourth-order valence-electron chi connectivity index (χ4n) is 1.06. The van der Waals surface area contributed by atoms with E-state index < -0.39 is 11.7 Å². The first-order valence-corrected chi connectivity index (χ1v) is 3.44. The van der Waals surface area contributed by atoms with Crippen LogP contribution in [-0.4, -0.2) is 14.6 Å². The molecule has 3 nitrogen and oxygen atoms in total. The molecule has 2 aromatic rings. The van der Waals surface area contributed by atoms with Gasteiger partial charge in [-0.15, -0.1) is 0 Å². The van der Waals surface area contributed by atoms with Gasteiger partial charge < -0.3 is 0 Å². The van der Waals surface area contributed by atoms with Crippen molar-refractivity contribution in [3.63, 3.8) is 0 Å². The number of aromatic nitrogens is 3. The van der Waals surface area contributed by atoms with Crippen LogP contribution >= 0.6 is 0 Å². The predicted molar refractivity (Wildman–Crippen MR) is 38.0 cm³/mol. The normalized spacial score (nSPS) is 12.2. The molecule has 0 radical (unpaired) electrons. The maximum atomic E-state index is 12.3. The molecule has 0 atom stereocenters. The van der Waals surface area contributed by atoms with Crippen LogP contribution in [0.4, 0.5) is 13.2 Å². The van der Waals surface area contributed by atoms with Crippen LogP contribution in [0.2, 0.25) is 0 Å². The highest BCUT2D eigenvalue weighted by atomic mass is 19.4. The first-order valence-electron chi connectivity index (χ1n) is 3.44. The largest absolute Gasteiger partial charge is 0.420 e. The molecule has 68 valence electrons. The Bertz CT molecular complexity index is 432. The molecular weight excluding hydrogens is 183 g/mol. The lowest BCUT2D eigenvalue weighted by atomic mass is 10.3. The van der Waals surface area contributed by atoms with Gasteiger partial charge in [-0.1, -0.05) is 0 Å². The van der Waals surface area contributed by atoms with Crippen LogP contribution in [0.5, 0.6) is 0 Å². The molecule has 0 bridgehead atoms. The van der Waals surface area contributed by atoms with Crippen LogP contribution in [-0.2, 0) is 6.18 Å². The number of nitrogens with zero attached hydrogens (tertiary/aromatic N) is 3. The third-order valence-electron chi connectivity index (χ3n) is 1.60. The summed E-state index contributed by atoms with van der Waals surface area (Å²) in [5, 5.41) is 3.67. The van der Waals surface area contributed by atoms with E-state index in [1.165, 1.54) is 12.4 Å². The summed E-state index contributed by atoms with van der Waals surface area (Å²) in [4.78, 5) is 3.57. The van der Waals surface area contributed by atoms with Crippen molar-refractivity contribution < 1.29 is 13.2 Å². The molecule has 2 aromatic heterocycles. The molecule has 6 heteroatoms. The highest BCUT2D eigenvalue weighted by molar-refractivity contribution is 5.47. The summed E-state index contributed by atoms with van der Waals surface area (Å²) in [5.74, 6) is 0. The zero-order valence-corrected chi connectivity index (χ0v) is 6.28. The molecule has 0 saturated carbocycles. The van der Waals surface area contributed by atoms with E-state index in [-0.39, 0.29) is 5.65 Å². The van der Waals surface area contributed by atoms with Crippen molar-refractivity contribution in [1.82, 2.24) is 14.6 Å². The first kappa shape index (κ1) is 8.03. The van der Waals surface area contributed by atoms with Gasteiger partial charge in [-0.2, -0.15) is 18.3 Å². The predicted octanol–water partition coefficient (Wildman–Crippen LogP) is 1.75. The molecule has 13 heavy (non-hydrogen) atoms. The smallest absolute Gasteiger partial charge is 0.235 e. The minimum atomic E-state index is -4.38. The minimum absolute atomic E-state index is 0.171. The van der Waals surface area contributed by atoms with Crippen LogP contribution in [0.25, 0.3) is 5.65 Å². The van der Waals surface area contributed by atoms with E-state index in [1.54, 1.807) is 0 Å². The van der Waals surface area contributed by atoms with Crippen LogP contribution in [0, 0.1) is 0 Å². The number of imidazole rings is 1. The van der Waals surface area contributed by atoms with E-state index >= 15 is 0 Å². The van der Waals surface area contributed by atoms with Crippen LogP contribution in [0.3, 0.4) is 0 Å².